The Bertz CT molecular complexity index is 236. The molecule has 1 aliphatic rings. The predicted octanol–water partition coefficient (Wildman–Crippen LogP) is -0.343. The van der Waals surface area contributed by atoms with Gasteiger partial charge in [0.15, 0.2) is 0 Å². The molecule has 1 atom stereocenters. The van der Waals surface area contributed by atoms with Gasteiger partial charge < -0.3 is 15.7 Å². The third-order valence-corrected chi connectivity index (χ3v) is 2.49. The number of aliphatic carboxylic acids is 1. The van der Waals surface area contributed by atoms with Crippen LogP contribution in [-0.2, 0) is 9.59 Å². The van der Waals surface area contributed by atoms with E-state index in [2.05, 4.69) is 0 Å². The Morgan fingerprint density at radius 2 is 2.14 bits per heavy atom. The molecule has 0 bridgehead atoms. The van der Waals surface area contributed by atoms with E-state index in [9.17, 15) is 9.59 Å². The molecule has 0 saturated carbocycles. The number of carbonyl (C=O) groups is 2. The number of hydrogen-bond acceptors (Lipinski definition) is 3. The molecule has 5 heteroatoms. The van der Waals surface area contributed by atoms with Gasteiger partial charge in [0.2, 0.25) is 5.91 Å². The number of carboxylic acid groups (broad SMARTS) is 1. The third-order valence-electron chi connectivity index (χ3n) is 2.49. The van der Waals surface area contributed by atoms with Gasteiger partial charge in [-0.2, -0.15) is 0 Å². The Labute approximate surface area is 82.9 Å². The second-order valence-electron chi connectivity index (χ2n) is 3.72. The summed E-state index contributed by atoms with van der Waals surface area (Å²) < 4.78 is 0. The molecule has 1 fully saturated rings. The van der Waals surface area contributed by atoms with E-state index in [1.165, 1.54) is 0 Å². The molecule has 0 spiro atoms. The van der Waals surface area contributed by atoms with Gasteiger partial charge in [0.1, 0.15) is 0 Å². The fraction of sp³-hybridized carbons (Fsp3) is 0.778. The van der Waals surface area contributed by atoms with Crippen molar-refractivity contribution in [2.24, 2.45) is 11.7 Å². The molecule has 0 aromatic rings. The number of amides is 1. The summed E-state index contributed by atoms with van der Waals surface area (Å²) in [5.41, 5.74) is 5.57. The molecule has 1 amide bonds. The first-order chi connectivity index (χ1) is 6.54. The zero-order valence-corrected chi connectivity index (χ0v) is 8.27. The number of carbonyl (C=O) groups excluding carboxylic acids is 1. The zero-order chi connectivity index (χ0) is 10.7. The van der Waals surface area contributed by atoms with Crippen molar-refractivity contribution < 1.29 is 14.7 Å². The van der Waals surface area contributed by atoms with Crippen molar-refractivity contribution in [2.45, 2.75) is 25.8 Å². The second-order valence-corrected chi connectivity index (χ2v) is 3.72. The summed E-state index contributed by atoms with van der Waals surface area (Å²) in [6.07, 6.45) is 0.768. The Hall–Kier alpha value is -1.10. The van der Waals surface area contributed by atoms with Crippen molar-refractivity contribution in [3.05, 3.63) is 0 Å². The van der Waals surface area contributed by atoms with E-state index in [0.717, 1.165) is 0 Å². The van der Waals surface area contributed by atoms with Crippen molar-refractivity contribution in [1.82, 2.24) is 4.90 Å². The van der Waals surface area contributed by atoms with Gasteiger partial charge in [0.05, 0.1) is 12.5 Å². The molecule has 0 radical (unpaired) electrons. The number of nitrogens with zero attached hydrogens (tertiary/aromatic N) is 1. The number of nitrogens with two attached hydrogens (primary N) is 1. The molecule has 0 aromatic heterocycles. The van der Waals surface area contributed by atoms with Crippen LogP contribution in [0.5, 0.6) is 0 Å². The maximum absolute atomic E-state index is 11.4. The molecule has 1 aliphatic heterocycles. The highest BCUT2D eigenvalue weighted by atomic mass is 16.4. The van der Waals surface area contributed by atoms with E-state index < -0.39 is 12.0 Å². The fourth-order valence-corrected chi connectivity index (χ4v) is 1.53. The molecule has 80 valence electrons. The van der Waals surface area contributed by atoms with E-state index in [-0.39, 0.29) is 18.2 Å². The zero-order valence-electron chi connectivity index (χ0n) is 8.27. The average Bonchev–Trinajstić information content (AvgIpc) is 2.07. The smallest absolute Gasteiger partial charge is 0.303 e. The van der Waals surface area contributed by atoms with Crippen LogP contribution in [-0.4, -0.2) is 41.0 Å². The quantitative estimate of drug-likeness (QED) is 0.650. The summed E-state index contributed by atoms with van der Waals surface area (Å²) in [6.45, 7) is 2.94. The van der Waals surface area contributed by atoms with E-state index >= 15 is 0 Å². The van der Waals surface area contributed by atoms with Gasteiger partial charge in [0.25, 0.3) is 0 Å². The van der Waals surface area contributed by atoms with Gasteiger partial charge in [-0.1, -0.05) is 6.92 Å². The van der Waals surface area contributed by atoms with Crippen LogP contribution >= 0.6 is 0 Å². The van der Waals surface area contributed by atoms with Crippen molar-refractivity contribution >= 4 is 11.9 Å². The van der Waals surface area contributed by atoms with Gasteiger partial charge >= 0.3 is 5.97 Å². The standard InChI is InChI=1S/C9H16N2O3/c1-2-7(10)9(14)11-4-6(5-11)3-8(12)13/h6-7H,2-5,10H2,1H3,(H,12,13)/t7-/m0/s1. The SMILES string of the molecule is CC[C@H](N)C(=O)N1CC(CC(=O)O)C1. The second kappa shape index (κ2) is 4.41. The van der Waals surface area contributed by atoms with E-state index in [1.54, 1.807) is 4.90 Å². The van der Waals surface area contributed by atoms with Gasteiger partial charge in [-0.15, -0.1) is 0 Å². The monoisotopic (exact) mass is 200 g/mol. The highest BCUT2D eigenvalue weighted by Crippen LogP contribution is 2.19. The molecular formula is C9H16N2O3. The summed E-state index contributed by atoms with van der Waals surface area (Å²) in [6, 6.07) is -0.430. The minimum atomic E-state index is -0.804. The Kier molecular flexibility index (Phi) is 3.46. The molecule has 0 unspecified atom stereocenters. The van der Waals surface area contributed by atoms with Crippen LogP contribution < -0.4 is 5.73 Å². The maximum Gasteiger partial charge on any atom is 0.303 e. The van der Waals surface area contributed by atoms with Crippen LogP contribution in [0.3, 0.4) is 0 Å². The number of likely N-dealkylation sites (tertiary alicyclic amines) is 1. The molecule has 0 aliphatic carbocycles. The van der Waals surface area contributed by atoms with Crippen LogP contribution in [0.2, 0.25) is 0 Å². The lowest BCUT2D eigenvalue weighted by Crippen LogP contribution is -2.55. The summed E-state index contributed by atoms with van der Waals surface area (Å²) in [5, 5.41) is 8.50. The van der Waals surface area contributed by atoms with Crippen LogP contribution in [0.4, 0.5) is 0 Å². The predicted molar refractivity (Wildman–Crippen MR) is 50.6 cm³/mol. The molecular weight excluding hydrogens is 184 g/mol. The highest BCUT2D eigenvalue weighted by Gasteiger charge is 2.33. The third kappa shape index (κ3) is 2.45. The average molecular weight is 200 g/mol. The highest BCUT2D eigenvalue weighted by molar-refractivity contribution is 5.82. The Morgan fingerprint density at radius 1 is 1.57 bits per heavy atom. The van der Waals surface area contributed by atoms with Crippen LogP contribution in [0.15, 0.2) is 0 Å². The normalized spacial score (nSPS) is 18.9. The summed E-state index contributed by atoms with van der Waals surface area (Å²) in [4.78, 5) is 23.4. The Balaban J connectivity index is 2.27. The summed E-state index contributed by atoms with van der Waals surface area (Å²) in [5.74, 6) is -0.753. The molecule has 1 rings (SSSR count). The van der Waals surface area contributed by atoms with Gasteiger partial charge in [-0.25, -0.2) is 0 Å². The van der Waals surface area contributed by atoms with Crippen molar-refractivity contribution in [3.8, 4) is 0 Å². The lowest BCUT2D eigenvalue weighted by Gasteiger charge is -2.39. The first-order valence-electron chi connectivity index (χ1n) is 4.80. The summed E-state index contributed by atoms with van der Waals surface area (Å²) in [7, 11) is 0. The van der Waals surface area contributed by atoms with Crippen molar-refractivity contribution in [3.63, 3.8) is 0 Å². The molecule has 5 nitrogen and oxygen atoms in total. The molecule has 14 heavy (non-hydrogen) atoms. The number of rotatable bonds is 4. The number of carboxylic acids is 1. The summed E-state index contributed by atoms with van der Waals surface area (Å²) >= 11 is 0. The van der Waals surface area contributed by atoms with E-state index in [1.807, 2.05) is 6.92 Å². The minimum Gasteiger partial charge on any atom is -0.481 e. The van der Waals surface area contributed by atoms with E-state index in [4.69, 9.17) is 10.8 Å². The molecule has 3 N–H and O–H groups in total. The maximum atomic E-state index is 11.4. The first-order valence-corrected chi connectivity index (χ1v) is 4.80. The molecule has 0 aromatic carbocycles. The van der Waals surface area contributed by atoms with Crippen LogP contribution in [0.25, 0.3) is 0 Å². The minimum absolute atomic E-state index is 0.0610. The number of hydrogen-bond donors (Lipinski definition) is 2. The van der Waals surface area contributed by atoms with Crippen molar-refractivity contribution in [2.75, 3.05) is 13.1 Å². The molecule has 1 saturated heterocycles. The fourth-order valence-electron chi connectivity index (χ4n) is 1.53. The Morgan fingerprint density at radius 3 is 2.57 bits per heavy atom. The lowest BCUT2D eigenvalue weighted by atomic mass is 9.95. The van der Waals surface area contributed by atoms with Gasteiger partial charge in [-0.3, -0.25) is 9.59 Å². The van der Waals surface area contributed by atoms with Crippen LogP contribution in [0.1, 0.15) is 19.8 Å². The first kappa shape index (κ1) is 11.0. The molecule has 1 heterocycles. The largest absolute Gasteiger partial charge is 0.481 e. The van der Waals surface area contributed by atoms with Crippen molar-refractivity contribution in [1.29, 1.82) is 0 Å². The van der Waals surface area contributed by atoms with E-state index in [0.29, 0.717) is 19.5 Å². The lowest BCUT2D eigenvalue weighted by molar-refractivity contribution is -0.145. The van der Waals surface area contributed by atoms with Crippen LogP contribution in [0, 0.1) is 5.92 Å². The topological polar surface area (TPSA) is 83.6 Å². The van der Waals surface area contributed by atoms with Gasteiger partial charge in [0, 0.05) is 19.0 Å². The van der Waals surface area contributed by atoms with Gasteiger partial charge in [-0.05, 0) is 6.42 Å².